The number of phenols is 1. The van der Waals surface area contributed by atoms with Crippen LogP contribution in [-0.4, -0.2) is 5.11 Å². The minimum Gasteiger partial charge on any atom is -0.508 e. The van der Waals surface area contributed by atoms with Crippen molar-refractivity contribution in [3.63, 3.8) is 0 Å². The molecule has 0 atom stereocenters. The van der Waals surface area contributed by atoms with Crippen LogP contribution in [-0.2, 0) is 0 Å². The van der Waals surface area contributed by atoms with Crippen molar-refractivity contribution in [3.8, 4) is 11.8 Å². The second-order valence-electron chi connectivity index (χ2n) is 1.81. The highest BCUT2D eigenvalue weighted by molar-refractivity contribution is 5.36. The van der Waals surface area contributed by atoms with Crippen molar-refractivity contribution in [2.75, 3.05) is 0 Å². The lowest BCUT2D eigenvalue weighted by atomic mass is 10.2. The van der Waals surface area contributed by atoms with E-state index in [1.54, 1.807) is 6.07 Å². The Morgan fingerprint density at radius 3 is 2.33 bits per heavy atom. The summed E-state index contributed by atoms with van der Waals surface area (Å²) in [6.07, 6.45) is 0. The number of hydrogen-bond donors (Lipinski definition) is 1. The maximum Gasteiger partial charge on any atom is 0.128 e. The van der Waals surface area contributed by atoms with Gasteiger partial charge < -0.3 is 5.11 Å². The predicted molar refractivity (Wildman–Crippen MR) is 44.1 cm³/mol. The summed E-state index contributed by atoms with van der Waals surface area (Å²) in [5, 5.41) is 17.0. The maximum absolute atomic E-state index is 12.3. The maximum atomic E-state index is 12.3. The predicted octanol–water partition coefficient (Wildman–Crippen LogP) is 2.43. The van der Waals surface area contributed by atoms with E-state index in [-0.39, 0.29) is 11.3 Å². The fraction of sp³-hybridized carbons (Fsp3) is 0.222. The van der Waals surface area contributed by atoms with Crippen molar-refractivity contribution >= 4 is 0 Å². The highest BCUT2D eigenvalue weighted by atomic mass is 19.1. The Bertz CT molecular complexity index is 271. The number of nitriles is 1. The van der Waals surface area contributed by atoms with Crippen LogP contribution in [0.5, 0.6) is 5.75 Å². The number of benzene rings is 1. The van der Waals surface area contributed by atoms with Gasteiger partial charge >= 0.3 is 0 Å². The third-order valence-electron chi connectivity index (χ3n) is 1.01. The van der Waals surface area contributed by atoms with Gasteiger partial charge in [0.2, 0.25) is 0 Å². The molecule has 1 rings (SSSR count). The molecule has 1 N–H and O–H groups in total. The highest BCUT2D eigenvalue weighted by Crippen LogP contribution is 2.12. The summed E-state index contributed by atoms with van der Waals surface area (Å²) in [5.74, 6) is -0.826. The van der Waals surface area contributed by atoms with Gasteiger partial charge in [-0.2, -0.15) is 5.26 Å². The smallest absolute Gasteiger partial charge is 0.128 e. The summed E-state index contributed by atoms with van der Waals surface area (Å²) < 4.78 is 12.3. The van der Waals surface area contributed by atoms with Crippen molar-refractivity contribution in [1.29, 1.82) is 5.26 Å². The molecule has 0 bridgehead atoms. The molecule has 0 unspecified atom stereocenters. The number of halogens is 1. The van der Waals surface area contributed by atoms with Gasteiger partial charge in [0.05, 0.1) is 11.6 Å². The molecule has 0 saturated heterocycles. The molecule has 3 heteroatoms. The van der Waals surface area contributed by atoms with Gasteiger partial charge in [0.1, 0.15) is 11.6 Å². The Morgan fingerprint density at radius 1 is 1.33 bits per heavy atom. The van der Waals surface area contributed by atoms with E-state index in [1.165, 1.54) is 6.07 Å². The van der Waals surface area contributed by atoms with Crippen molar-refractivity contribution in [2.24, 2.45) is 0 Å². The zero-order valence-corrected chi connectivity index (χ0v) is 7.00. The molecule has 0 aliphatic heterocycles. The first kappa shape index (κ1) is 10.4. The van der Waals surface area contributed by atoms with Gasteiger partial charge in [-0.3, -0.25) is 0 Å². The van der Waals surface area contributed by atoms with E-state index in [9.17, 15) is 4.39 Å². The first-order valence-corrected chi connectivity index (χ1v) is 3.62. The summed E-state index contributed by atoms with van der Waals surface area (Å²) >= 11 is 0. The van der Waals surface area contributed by atoms with E-state index in [4.69, 9.17) is 10.4 Å². The van der Waals surface area contributed by atoms with Crippen LogP contribution in [0.4, 0.5) is 4.39 Å². The molecule has 0 aliphatic carbocycles. The molecule has 0 fully saturated rings. The number of aromatic hydroxyl groups is 1. The van der Waals surface area contributed by atoms with Crippen LogP contribution in [0.2, 0.25) is 0 Å². The summed E-state index contributed by atoms with van der Waals surface area (Å²) in [7, 11) is 0. The SMILES string of the molecule is CC.N#Cc1cc(O)cc(F)c1. The molecule has 0 aliphatic rings. The molecule has 1 aromatic carbocycles. The standard InChI is InChI=1S/C7H4FNO.C2H6/c8-6-1-5(4-9)2-7(10)3-6;1-2/h1-3,10H;1-2H3. The normalized spacial score (nSPS) is 7.83. The minimum atomic E-state index is -0.600. The van der Waals surface area contributed by atoms with E-state index < -0.39 is 5.82 Å². The molecule has 1 aromatic rings. The first-order valence-electron chi connectivity index (χ1n) is 3.62. The number of rotatable bonds is 0. The molecule has 0 spiro atoms. The summed E-state index contributed by atoms with van der Waals surface area (Å²) in [6, 6.07) is 4.91. The van der Waals surface area contributed by atoms with Gasteiger partial charge in [0.25, 0.3) is 0 Å². The summed E-state index contributed by atoms with van der Waals surface area (Å²) in [5.41, 5.74) is 0.123. The van der Waals surface area contributed by atoms with Gasteiger partial charge in [-0.1, -0.05) is 13.8 Å². The molecule has 0 radical (unpaired) electrons. The highest BCUT2D eigenvalue weighted by Gasteiger charge is 1.96. The Morgan fingerprint density at radius 2 is 1.92 bits per heavy atom. The first-order chi connectivity index (χ1) is 5.72. The van der Waals surface area contributed by atoms with E-state index in [0.717, 1.165) is 12.1 Å². The van der Waals surface area contributed by atoms with Crippen LogP contribution in [0, 0.1) is 17.1 Å². The number of hydrogen-bond acceptors (Lipinski definition) is 2. The second kappa shape index (κ2) is 5.14. The van der Waals surface area contributed by atoms with Gasteiger partial charge in [-0.25, -0.2) is 4.39 Å². The molecule has 0 aromatic heterocycles. The zero-order chi connectivity index (χ0) is 9.56. The summed E-state index contributed by atoms with van der Waals surface area (Å²) in [4.78, 5) is 0. The van der Waals surface area contributed by atoms with Crippen molar-refractivity contribution in [1.82, 2.24) is 0 Å². The average molecular weight is 167 g/mol. The lowest BCUT2D eigenvalue weighted by Gasteiger charge is -1.91. The molecule has 2 nitrogen and oxygen atoms in total. The van der Waals surface area contributed by atoms with Crippen molar-refractivity contribution in [3.05, 3.63) is 29.6 Å². The minimum absolute atomic E-state index is 0.123. The van der Waals surface area contributed by atoms with E-state index in [1.807, 2.05) is 13.8 Å². The van der Waals surface area contributed by atoms with Crippen LogP contribution >= 0.6 is 0 Å². The number of nitrogens with zero attached hydrogens (tertiary/aromatic N) is 1. The zero-order valence-electron chi connectivity index (χ0n) is 7.00. The van der Waals surface area contributed by atoms with Gasteiger partial charge in [0.15, 0.2) is 0 Å². The van der Waals surface area contributed by atoms with Crippen LogP contribution in [0.15, 0.2) is 18.2 Å². The van der Waals surface area contributed by atoms with Crippen molar-refractivity contribution < 1.29 is 9.50 Å². The van der Waals surface area contributed by atoms with Crippen LogP contribution in [0.25, 0.3) is 0 Å². The van der Waals surface area contributed by atoms with Crippen molar-refractivity contribution in [2.45, 2.75) is 13.8 Å². The van der Waals surface area contributed by atoms with Crippen LogP contribution in [0.3, 0.4) is 0 Å². The number of phenolic OH excluding ortho intramolecular Hbond substituents is 1. The van der Waals surface area contributed by atoms with Crippen LogP contribution < -0.4 is 0 Å². The topological polar surface area (TPSA) is 44.0 Å². The monoisotopic (exact) mass is 167 g/mol. The van der Waals surface area contributed by atoms with E-state index in [0.29, 0.717) is 0 Å². The van der Waals surface area contributed by atoms with E-state index in [2.05, 4.69) is 0 Å². The quantitative estimate of drug-likeness (QED) is 0.644. The molecule has 0 heterocycles. The largest absolute Gasteiger partial charge is 0.508 e. The Hall–Kier alpha value is -1.56. The van der Waals surface area contributed by atoms with E-state index >= 15 is 0 Å². The lowest BCUT2D eigenvalue weighted by molar-refractivity contribution is 0.469. The van der Waals surface area contributed by atoms with Gasteiger partial charge in [-0.15, -0.1) is 0 Å². The fourth-order valence-electron chi connectivity index (χ4n) is 0.639. The molecule has 0 saturated carbocycles. The molecular weight excluding hydrogens is 157 g/mol. The molecule has 64 valence electrons. The molecule has 12 heavy (non-hydrogen) atoms. The fourth-order valence-corrected chi connectivity index (χ4v) is 0.639. The average Bonchev–Trinajstić information content (AvgIpc) is 2.06. The second-order valence-corrected chi connectivity index (χ2v) is 1.81. The lowest BCUT2D eigenvalue weighted by Crippen LogP contribution is -1.77. The molecular formula is C9H10FNO. The van der Waals surface area contributed by atoms with Crippen LogP contribution in [0.1, 0.15) is 19.4 Å². The Balaban J connectivity index is 0.000000561. The summed E-state index contributed by atoms with van der Waals surface area (Å²) in [6.45, 7) is 4.00. The van der Waals surface area contributed by atoms with Gasteiger partial charge in [-0.05, 0) is 12.1 Å². The Kier molecular flexibility index (Phi) is 4.47. The Labute approximate surface area is 70.9 Å². The third kappa shape index (κ3) is 3.02. The third-order valence-corrected chi connectivity index (χ3v) is 1.01. The molecule has 0 amide bonds. The van der Waals surface area contributed by atoms with Gasteiger partial charge in [0, 0.05) is 6.07 Å².